The predicted octanol–water partition coefficient (Wildman–Crippen LogP) is 2.74. The molecule has 0 aliphatic carbocycles. The van der Waals surface area contributed by atoms with Gasteiger partial charge in [0.1, 0.15) is 11.9 Å². The van der Waals surface area contributed by atoms with Crippen LogP contribution in [-0.4, -0.2) is 34.3 Å². The molecule has 140 valence electrons. The third-order valence-corrected chi connectivity index (χ3v) is 3.49. The van der Waals surface area contributed by atoms with Crippen LogP contribution in [0.15, 0.2) is 24.4 Å². The minimum Gasteiger partial charge on any atom is -0.493 e. The summed E-state index contributed by atoms with van der Waals surface area (Å²) in [7, 11) is 1.28. The van der Waals surface area contributed by atoms with Gasteiger partial charge < -0.3 is 14.8 Å². The van der Waals surface area contributed by atoms with Crippen LogP contribution in [-0.2, 0) is 11.3 Å². The van der Waals surface area contributed by atoms with Gasteiger partial charge in [-0.25, -0.2) is 0 Å². The number of nitro groups is 1. The van der Waals surface area contributed by atoms with Crippen molar-refractivity contribution in [2.75, 3.05) is 12.4 Å². The topological polar surface area (TPSA) is 109 Å². The number of benzene rings is 1. The molecule has 1 amide bonds. The molecule has 26 heavy (non-hydrogen) atoms. The van der Waals surface area contributed by atoms with Gasteiger partial charge in [-0.2, -0.15) is 13.9 Å². The van der Waals surface area contributed by atoms with Crippen LogP contribution in [0.3, 0.4) is 0 Å². The largest absolute Gasteiger partial charge is 0.493 e. The number of carbonyl (C=O) groups is 1. The van der Waals surface area contributed by atoms with Gasteiger partial charge in [0.05, 0.1) is 18.6 Å². The van der Waals surface area contributed by atoms with Crippen LogP contribution >= 0.6 is 0 Å². The van der Waals surface area contributed by atoms with Gasteiger partial charge in [-0.05, 0) is 19.1 Å². The molecule has 0 atom stereocenters. The molecule has 1 aromatic carbocycles. The lowest BCUT2D eigenvalue weighted by Gasteiger charge is -2.12. The molecule has 9 nitrogen and oxygen atoms in total. The number of alkyl halides is 2. The van der Waals surface area contributed by atoms with Crippen molar-refractivity contribution in [3.63, 3.8) is 0 Å². The third-order valence-electron chi connectivity index (χ3n) is 3.49. The number of aryl methyl sites for hydroxylation is 1. The van der Waals surface area contributed by atoms with Crippen molar-refractivity contribution in [3.05, 3.63) is 40.2 Å². The maximum absolute atomic E-state index is 12.3. The Labute approximate surface area is 146 Å². The monoisotopic (exact) mass is 370 g/mol. The highest BCUT2D eigenvalue weighted by Gasteiger charge is 2.17. The highest BCUT2D eigenvalue weighted by molar-refractivity contribution is 5.91. The molecule has 0 radical (unpaired) electrons. The number of amides is 1. The Morgan fingerprint density at radius 1 is 1.42 bits per heavy atom. The zero-order valence-electron chi connectivity index (χ0n) is 13.9. The number of methoxy groups -OCH3 is 1. The van der Waals surface area contributed by atoms with Crippen LogP contribution < -0.4 is 14.8 Å². The minimum absolute atomic E-state index is 0.0112. The molecule has 1 heterocycles. The van der Waals surface area contributed by atoms with Crippen LogP contribution in [0, 0.1) is 17.0 Å². The molecular formula is C15H16F2N4O5. The van der Waals surface area contributed by atoms with E-state index < -0.39 is 11.5 Å². The lowest BCUT2D eigenvalue weighted by molar-refractivity contribution is -0.385. The molecule has 0 saturated carbocycles. The summed E-state index contributed by atoms with van der Waals surface area (Å²) in [6.07, 6.45) is 1.14. The summed E-state index contributed by atoms with van der Waals surface area (Å²) in [5.41, 5.74) is 0.555. The molecule has 0 fully saturated rings. The van der Waals surface area contributed by atoms with E-state index in [2.05, 4.69) is 15.2 Å². The number of nitrogens with one attached hydrogen (secondary N) is 1. The molecule has 0 spiro atoms. The van der Waals surface area contributed by atoms with Crippen LogP contribution in [0.5, 0.6) is 11.5 Å². The zero-order valence-corrected chi connectivity index (χ0v) is 13.9. The number of carbonyl (C=O) groups excluding carboxylic acids is 1. The fourth-order valence-electron chi connectivity index (χ4n) is 2.21. The van der Waals surface area contributed by atoms with Gasteiger partial charge in [0.2, 0.25) is 5.91 Å². The van der Waals surface area contributed by atoms with Gasteiger partial charge in [-0.1, -0.05) is 0 Å². The fourth-order valence-corrected chi connectivity index (χ4v) is 2.21. The third kappa shape index (κ3) is 4.65. The molecule has 11 heteroatoms. The Kier molecular flexibility index (Phi) is 6.04. The first-order chi connectivity index (χ1) is 12.3. The average Bonchev–Trinajstić information content (AvgIpc) is 2.95. The van der Waals surface area contributed by atoms with Crippen molar-refractivity contribution in [2.24, 2.45) is 0 Å². The zero-order chi connectivity index (χ0) is 19.3. The number of hydrogen-bond donors (Lipinski definition) is 1. The molecular weight excluding hydrogens is 354 g/mol. The highest BCUT2D eigenvalue weighted by atomic mass is 19.3. The Hall–Kier alpha value is -3.24. The molecule has 0 bridgehead atoms. The first kappa shape index (κ1) is 19.1. The van der Waals surface area contributed by atoms with E-state index in [0.29, 0.717) is 11.4 Å². The number of ether oxygens (including phenoxy) is 2. The summed E-state index contributed by atoms with van der Waals surface area (Å²) >= 11 is 0. The Balaban J connectivity index is 1.98. The van der Waals surface area contributed by atoms with Gasteiger partial charge in [0.25, 0.3) is 0 Å². The first-order valence-electron chi connectivity index (χ1n) is 7.41. The van der Waals surface area contributed by atoms with Crippen molar-refractivity contribution in [2.45, 2.75) is 26.5 Å². The molecule has 0 aliphatic heterocycles. The summed E-state index contributed by atoms with van der Waals surface area (Å²) in [4.78, 5) is 22.2. The van der Waals surface area contributed by atoms with Crippen LogP contribution in [0.25, 0.3) is 0 Å². The van der Waals surface area contributed by atoms with E-state index in [1.165, 1.54) is 36.9 Å². The lowest BCUT2D eigenvalue weighted by atomic mass is 10.2. The van der Waals surface area contributed by atoms with Gasteiger partial charge in [-0.3, -0.25) is 19.6 Å². The lowest BCUT2D eigenvalue weighted by Crippen LogP contribution is -2.15. The molecule has 0 unspecified atom stereocenters. The second kappa shape index (κ2) is 8.23. The highest BCUT2D eigenvalue weighted by Crippen LogP contribution is 2.31. The van der Waals surface area contributed by atoms with Crippen molar-refractivity contribution >= 4 is 17.3 Å². The standard InChI is InChI=1S/C15H16F2N4O5/c1-9-11(21(23)24)8-18-20(9)6-5-14(22)19-10-3-4-12(26-15(16)17)13(7-10)25-2/h3-4,7-8,15H,5-6H2,1-2H3,(H,19,22). The second-order valence-electron chi connectivity index (χ2n) is 5.14. The first-order valence-corrected chi connectivity index (χ1v) is 7.41. The summed E-state index contributed by atoms with van der Waals surface area (Å²) in [6, 6.07) is 3.99. The number of aromatic nitrogens is 2. The number of halogens is 2. The Bertz CT molecular complexity index is 809. The van der Waals surface area contributed by atoms with E-state index in [1.807, 2.05) is 0 Å². The normalized spacial score (nSPS) is 10.7. The second-order valence-corrected chi connectivity index (χ2v) is 5.14. The van der Waals surface area contributed by atoms with Gasteiger partial charge in [0, 0.05) is 18.2 Å². The number of hydrogen-bond acceptors (Lipinski definition) is 6. The van der Waals surface area contributed by atoms with Crippen molar-refractivity contribution in [3.8, 4) is 11.5 Å². The minimum atomic E-state index is -2.99. The number of rotatable bonds is 8. The van der Waals surface area contributed by atoms with Crippen molar-refractivity contribution < 1.29 is 28.0 Å². The van der Waals surface area contributed by atoms with E-state index in [-0.39, 0.29) is 36.1 Å². The smallest absolute Gasteiger partial charge is 0.387 e. The number of nitrogens with zero attached hydrogens (tertiary/aromatic N) is 3. The van der Waals surface area contributed by atoms with Crippen LogP contribution in [0.2, 0.25) is 0 Å². The van der Waals surface area contributed by atoms with E-state index in [4.69, 9.17) is 4.74 Å². The molecule has 2 rings (SSSR count). The van der Waals surface area contributed by atoms with Gasteiger partial charge in [-0.15, -0.1) is 0 Å². The SMILES string of the molecule is COc1cc(NC(=O)CCn2ncc([N+](=O)[O-])c2C)ccc1OC(F)F. The molecule has 1 aromatic heterocycles. The van der Waals surface area contributed by atoms with E-state index in [0.717, 1.165) is 6.20 Å². The van der Waals surface area contributed by atoms with E-state index in [9.17, 15) is 23.7 Å². The van der Waals surface area contributed by atoms with Crippen LogP contribution in [0.4, 0.5) is 20.2 Å². The van der Waals surface area contributed by atoms with Crippen molar-refractivity contribution in [1.82, 2.24) is 9.78 Å². The Morgan fingerprint density at radius 3 is 2.73 bits per heavy atom. The van der Waals surface area contributed by atoms with Crippen molar-refractivity contribution in [1.29, 1.82) is 0 Å². The van der Waals surface area contributed by atoms with Gasteiger partial charge in [0.15, 0.2) is 11.5 Å². The summed E-state index contributed by atoms with van der Waals surface area (Å²) in [5.74, 6) is -0.492. The van der Waals surface area contributed by atoms with Gasteiger partial charge >= 0.3 is 12.3 Å². The summed E-state index contributed by atoms with van der Waals surface area (Å²) in [5, 5.41) is 17.2. The maximum atomic E-state index is 12.3. The quantitative estimate of drug-likeness (QED) is 0.565. The van der Waals surface area contributed by atoms with E-state index >= 15 is 0 Å². The summed E-state index contributed by atoms with van der Waals surface area (Å²) < 4.78 is 35.2. The van der Waals surface area contributed by atoms with E-state index in [1.54, 1.807) is 0 Å². The fraction of sp³-hybridized carbons (Fsp3) is 0.333. The molecule has 1 N–H and O–H groups in total. The van der Waals surface area contributed by atoms with Crippen LogP contribution in [0.1, 0.15) is 12.1 Å². The summed E-state index contributed by atoms with van der Waals surface area (Å²) in [6.45, 7) is -1.31. The maximum Gasteiger partial charge on any atom is 0.387 e. The number of anilines is 1. The molecule has 0 aliphatic rings. The molecule has 2 aromatic rings. The molecule has 0 saturated heterocycles. The average molecular weight is 370 g/mol. The Morgan fingerprint density at radius 2 is 2.15 bits per heavy atom. The predicted molar refractivity (Wildman–Crippen MR) is 86.5 cm³/mol.